The van der Waals surface area contributed by atoms with Crippen molar-refractivity contribution in [3.63, 3.8) is 0 Å². The minimum Gasteiger partial charge on any atom is -0.339 e. The largest absolute Gasteiger partial charge is 0.339 e. The molecule has 2 rings (SSSR count). The van der Waals surface area contributed by atoms with Crippen molar-refractivity contribution in [3.05, 3.63) is 11.7 Å². The van der Waals surface area contributed by atoms with Crippen LogP contribution in [0.1, 0.15) is 50.7 Å². The molecule has 1 saturated carbocycles. The maximum absolute atomic E-state index is 6.20. The van der Waals surface area contributed by atoms with Gasteiger partial charge in [-0.3, -0.25) is 0 Å². The average Bonchev–Trinajstić information content (AvgIpc) is 2.75. The monoisotopic (exact) mass is 195 g/mol. The average molecular weight is 195 g/mol. The molecule has 0 aromatic carbocycles. The fraction of sp³-hybridized carbons (Fsp3) is 0.800. The van der Waals surface area contributed by atoms with Crippen molar-refractivity contribution in [1.82, 2.24) is 10.1 Å². The molecule has 1 aromatic rings. The summed E-state index contributed by atoms with van der Waals surface area (Å²) >= 11 is 0. The molecule has 0 unspecified atom stereocenters. The van der Waals surface area contributed by atoms with Gasteiger partial charge in [0, 0.05) is 6.42 Å². The number of aryl methyl sites for hydroxylation is 1. The van der Waals surface area contributed by atoms with E-state index in [9.17, 15) is 0 Å². The summed E-state index contributed by atoms with van der Waals surface area (Å²) in [5.74, 6) is 1.43. The van der Waals surface area contributed by atoms with Crippen LogP contribution in [0, 0.1) is 0 Å². The van der Waals surface area contributed by atoms with Gasteiger partial charge in [-0.1, -0.05) is 24.9 Å². The number of nitrogens with zero attached hydrogens (tertiary/aromatic N) is 2. The zero-order valence-electron chi connectivity index (χ0n) is 8.62. The lowest BCUT2D eigenvalue weighted by atomic mass is 9.99. The predicted molar refractivity (Wildman–Crippen MR) is 52.6 cm³/mol. The topological polar surface area (TPSA) is 64.9 Å². The summed E-state index contributed by atoms with van der Waals surface area (Å²) < 4.78 is 5.14. The zero-order chi connectivity index (χ0) is 10.0. The summed E-state index contributed by atoms with van der Waals surface area (Å²) in [5, 5.41) is 3.98. The lowest BCUT2D eigenvalue weighted by molar-refractivity contribution is 0.348. The smallest absolute Gasteiger partial charge is 0.226 e. The molecule has 0 saturated heterocycles. The van der Waals surface area contributed by atoms with E-state index in [1.165, 1.54) is 12.8 Å². The van der Waals surface area contributed by atoms with Gasteiger partial charge in [-0.05, 0) is 19.3 Å². The van der Waals surface area contributed by atoms with E-state index in [-0.39, 0.29) is 5.54 Å². The molecular weight excluding hydrogens is 178 g/mol. The highest BCUT2D eigenvalue weighted by atomic mass is 16.5. The van der Waals surface area contributed by atoms with Gasteiger partial charge in [-0.25, -0.2) is 0 Å². The Labute approximate surface area is 83.9 Å². The summed E-state index contributed by atoms with van der Waals surface area (Å²) in [5.41, 5.74) is 5.89. The van der Waals surface area contributed by atoms with Crippen molar-refractivity contribution in [1.29, 1.82) is 0 Å². The van der Waals surface area contributed by atoms with Crippen molar-refractivity contribution in [2.24, 2.45) is 5.73 Å². The molecule has 0 atom stereocenters. The molecule has 0 spiro atoms. The van der Waals surface area contributed by atoms with E-state index in [4.69, 9.17) is 10.3 Å². The van der Waals surface area contributed by atoms with E-state index in [0.29, 0.717) is 5.82 Å². The summed E-state index contributed by atoms with van der Waals surface area (Å²) in [4.78, 5) is 4.35. The molecular formula is C10H17N3O. The summed E-state index contributed by atoms with van der Waals surface area (Å²) in [6.45, 7) is 2.09. The number of aromatic nitrogens is 2. The van der Waals surface area contributed by atoms with Crippen LogP contribution in [0.2, 0.25) is 0 Å². The first-order valence-electron chi connectivity index (χ1n) is 5.36. The summed E-state index contributed by atoms with van der Waals surface area (Å²) in [6.07, 6.45) is 6.20. The van der Waals surface area contributed by atoms with Crippen LogP contribution in [0.25, 0.3) is 0 Å². The van der Waals surface area contributed by atoms with Crippen molar-refractivity contribution < 1.29 is 4.52 Å². The van der Waals surface area contributed by atoms with E-state index in [1.807, 2.05) is 0 Å². The Bertz CT molecular complexity index is 302. The molecule has 4 nitrogen and oxygen atoms in total. The van der Waals surface area contributed by atoms with Crippen LogP contribution in [-0.2, 0) is 12.0 Å². The maximum Gasteiger partial charge on any atom is 0.226 e. The van der Waals surface area contributed by atoms with Gasteiger partial charge in [-0.2, -0.15) is 4.98 Å². The molecule has 14 heavy (non-hydrogen) atoms. The second-order valence-corrected chi connectivity index (χ2v) is 4.12. The minimum atomic E-state index is -0.310. The minimum absolute atomic E-state index is 0.310. The van der Waals surface area contributed by atoms with E-state index < -0.39 is 0 Å². The summed E-state index contributed by atoms with van der Waals surface area (Å²) in [6, 6.07) is 0. The van der Waals surface area contributed by atoms with Gasteiger partial charge in [0.2, 0.25) is 5.89 Å². The van der Waals surface area contributed by atoms with E-state index >= 15 is 0 Å². The van der Waals surface area contributed by atoms with Gasteiger partial charge >= 0.3 is 0 Å². The van der Waals surface area contributed by atoms with Crippen LogP contribution < -0.4 is 5.73 Å². The Hall–Kier alpha value is -0.900. The van der Waals surface area contributed by atoms with Gasteiger partial charge in [0.25, 0.3) is 0 Å². The maximum atomic E-state index is 6.20. The Morgan fingerprint density at radius 3 is 2.79 bits per heavy atom. The fourth-order valence-corrected chi connectivity index (χ4v) is 2.00. The Balaban J connectivity index is 2.15. The third kappa shape index (κ3) is 1.66. The van der Waals surface area contributed by atoms with Gasteiger partial charge < -0.3 is 10.3 Å². The standard InChI is InChI=1S/C10H17N3O/c1-2-5-8-12-9(13-14-8)10(11)6-3-4-7-10/h2-7,11H2,1H3. The molecule has 2 N–H and O–H groups in total. The normalized spacial score (nSPS) is 20.1. The van der Waals surface area contributed by atoms with Crippen molar-refractivity contribution >= 4 is 0 Å². The summed E-state index contributed by atoms with van der Waals surface area (Å²) in [7, 11) is 0. The number of rotatable bonds is 3. The van der Waals surface area contributed by atoms with Gasteiger partial charge in [0.1, 0.15) is 0 Å². The van der Waals surface area contributed by atoms with Crippen LogP contribution in [0.3, 0.4) is 0 Å². The van der Waals surface area contributed by atoms with Crippen LogP contribution in [0.4, 0.5) is 0 Å². The third-order valence-corrected chi connectivity index (χ3v) is 2.87. The molecule has 0 radical (unpaired) electrons. The lowest BCUT2D eigenvalue weighted by Gasteiger charge is -2.17. The second-order valence-electron chi connectivity index (χ2n) is 4.12. The first-order chi connectivity index (χ1) is 6.74. The number of nitrogens with two attached hydrogens (primary N) is 1. The van der Waals surface area contributed by atoms with Crippen molar-refractivity contribution in [3.8, 4) is 0 Å². The van der Waals surface area contributed by atoms with Crippen molar-refractivity contribution in [2.75, 3.05) is 0 Å². The van der Waals surface area contributed by atoms with Crippen LogP contribution in [0.15, 0.2) is 4.52 Å². The van der Waals surface area contributed by atoms with Gasteiger partial charge in [-0.15, -0.1) is 0 Å². The highest BCUT2D eigenvalue weighted by molar-refractivity contribution is 5.06. The first-order valence-corrected chi connectivity index (χ1v) is 5.36. The zero-order valence-corrected chi connectivity index (χ0v) is 8.62. The fourth-order valence-electron chi connectivity index (χ4n) is 2.00. The predicted octanol–water partition coefficient (Wildman–Crippen LogP) is 1.75. The van der Waals surface area contributed by atoms with Gasteiger partial charge in [0.05, 0.1) is 5.54 Å². The highest BCUT2D eigenvalue weighted by Crippen LogP contribution is 2.34. The lowest BCUT2D eigenvalue weighted by Crippen LogP contribution is -2.34. The molecule has 4 heteroatoms. The SMILES string of the molecule is CCCc1nc(C2(N)CCCC2)no1. The second kappa shape index (κ2) is 3.69. The highest BCUT2D eigenvalue weighted by Gasteiger charge is 2.35. The molecule has 1 aliphatic rings. The first kappa shape index (κ1) is 9.65. The van der Waals surface area contributed by atoms with Crippen molar-refractivity contribution in [2.45, 2.75) is 51.0 Å². The van der Waals surface area contributed by atoms with E-state index in [1.54, 1.807) is 0 Å². The van der Waals surface area contributed by atoms with Gasteiger partial charge in [0.15, 0.2) is 5.82 Å². The molecule has 1 aromatic heterocycles. The molecule has 1 heterocycles. The third-order valence-electron chi connectivity index (χ3n) is 2.87. The van der Waals surface area contributed by atoms with Crippen LogP contribution >= 0.6 is 0 Å². The van der Waals surface area contributed by atoms with Crippen LogP contribution in [0.5, 0.6) is 0 Å². The van der Waals surface area contributed by atoms with Crippen LogP contribution in [-0.4, -0.2) is 10.1 Å². The van der Waals surface area contributed by atoms with E-state index in [2.05, 4.69) is 17.1 Å². The molecule has 0 amide bonds. The number of hydrogen-bond acceptors (Lipinski definition) is 4. The number of hydrogen-bond donors (Lipinski definition) is 1. The molecule has 0 aliphatic heterocycles. The van der Waals surface area contributed by atoms with E-state index in [0.717, 1.165) is 31.6 Å². The Morgan fingerprint density at radius 2 is 2.14 bits per heavy atom. The quantitative estimate of drug-likeness (QED) is 0.798. The molecule has 78 valence electrons. The molecule has 1 fully saturated rings. The molecule has 0 bridgehead atoms. The Kier molecular flexibility index (Phi) is 2.54. The molecule has 1 aliphatic carbocycles. The Morgan fingerprint density at radius 1 is 1.43 bits per heavy atom.